The third-order valence-electron chi connectivity index (χ3n) is 2.11. The van der Waals surface area contributed by atoms with Gasteiger partial charge in [0.25, 0.3) is 3.79 Å². The summed E-state index contributed by atoms with van der Waals surface area (Å²) in [4.78, 5) is 11.4. The molecule has 0 amide bonds. The van der Waals surface area contributed by atoms with Crippen LogP contribution in [0.25, 0.3) is 0 Å². The summed E-state index contributed by atoms with van der Waals surface area (Å²) >= 11 is 16.3. The Balaban J connectivity index is 4.17. The van der Waals surface area contributed by atoms with E-state index in [1.54, 1.807) is 0 Å². The number of carbonyl (C=O) groups is 1. The molecular formula is C11H17Cl3O2. The van der Waals surface area contributed by atoms with Gasteiger partial charge in [0.2, 0.25) is 5.78 Å². The molecule has 5 heteroatoms. The number of rotatable bonds is 7. The summed E-state index contributed by atoms with van der Waals surface area (Å²) in [6.45, 7) is 2.14. The molecule has 0 aromatic rings. The van der Waals surface area contributed by atoms with Gasteiger partial charge in [0.1, 0.15) is 0 Å². The topological polar surface area (TPSA) is 26.3 Å². The Kier molecular flexibility index (Phi) is 8.25. The molecule has 0 aliphatic rings. The van der Waals surface area contributed by atoms with Crippen molar-refractivity contribution >= 4 is 40.6 Å². The van der Waals surface area contributed by atoms with Crippen LogP contribution in [0.2, 0.25) is 0 Å². The van der Waals surface area contributed by atoms with Gasteiger partial charge in [-0.05, 0) is 6.42 Å². The van der Waals surface area contributed by atoms with Crippen molar-refractivity contribution in [2.24, 2.45) is 0 Å². The molecule has 0 spiro atoms. The van der Waals surface area contributed by atoms with Crippen LogP contribution in [0, 0.1) is 0 Å². The van der Waals surface area contributed by atoms with Crippen molar-refractivity contribution in [1.82, 2.24) is 0 Å². The molecule has 2 nitrogen and oxygen atoms in total. The molecule has 0 aliphatic heterocycles. The number of alkyl halides is 3. The highest BCUT2D eigenvalue weighted by atomic mass is 35.6. The van der Waals surface area contributed by atoms with Crippen molar-refractivity contribution in [3.05, 3.63) is 11.8 Å². The van der Waals surface area contributed by atoms with Gasteiger partial charge >= 0.3 is 0 Å². The summed E-state index contributed by atoms with van der Waals surface area (Å²) in [5.41, 5.74) is 0. The predicted octanol–water partition coefficient (Wildman–Crippen LogP) is 4.43. The zero-order chi connectivity index (χ0) is 12.6. The highest BCUT2D eigenvalue weighted by Crippen LogP contribution is 2.28. The minimum atomic E-state index is -1.90. The van der Waals surface area contributed by atoms with E-state index in [4.69, 9.17) is 39.5 Å². The normalized spacial score (nSPS) is 12.7. The molecule has 0 atom stereocenters. The zero-order valence-electron chi connectivity index (χ0n) is 9.56. The van der Waals surface area contributed by atoms with Crippen molar-refractivity contribution < 1.29 is 9.53 Å². The summed E-state index contributed by atoms with van der Waals surface area (Å²) in [5.74, 6) is -0.00253. The molecule has 0 saturated carbocycles. The van der Waals surface area contributed by atoms with Gasteiger partial charge in [0.05, 0.1) is 12.9 Å². The van der Waals surface area contributed by atoms with Gasteiger partial charge < -0.3 is 4.74 Å². The first-order valence-corrected chi connectivity index (χ1v) is 6.41. The third kappa shape index (κ3) is 7.37. The number of halogens is 3. The zero-order valence-corrected chi connectivity index (χ0v) is 11.8. The minimum Gasteiger partial charge on any atom is -0.501 e. The second-order valence-electron chi connectivity index (χ2n) is 3.49. The van der Waals surface area contributed by atoms with Crippen LogP contribution in [0.5, 0.6) is 0 Å². The summed E-state index contributed by atoms with van der Waals surface area (Å²) in [5, 5.41) is 0. The Bertz CT molecular complexity index is 244. The SMILES string of the molecule is CCCCCC/C(=C/C(=O)C(Cl)(Cl)Cl)OC. The highest BCUT2D eigenvalue weighted by Gasteiger charge is 2.28. The Morgan fingerprint density at radius 3 is 2.31 bits per heavy atom. The van der Waals surface area contributed by atoms with E-state index < -0.39 is 9.58 Å². The standard InChI is InChI=1S/C11H17Cl3O2/c1-3-4-5-6-7-9(16-2)8-10(15)11(12,13)14/h8H,3-7H2,1-2H3/b9-8-. The summed E-state index contributed by atoms with van der Waals surface area (Å²) < 4.78 is 3.17. The van der Waals surface area contributed by atoms with Gasteiger partial charge in [0.15, 0.2) is 0 Å². The van der Waals surface area contributed by atoms with Crippen molar-refractivity contribution in [3.8, 4) is 0 Å². The number of allylic oxidation sites excluding steroid dienone is 2. The second kappa shape index (κ2) is 8.21. The number of hydrogen-bond donors (Lipinski definition) is 0. The third-order valence-corrected chi connectivity index (χ3v) is 2.67. The van der Waals surface area contributed by atoms with E-state index in [-0.39, 0.29) is 0 Å². The summed E-state index contributed by atoms with van der Waals surface area (Å²) in [6, 6.07) is 0. The maximum absolute atomic E-state index is 11.4. The first-order valence-electron chi connectivity index (χ1n) is 5.27. The van der Waals surface area contributed by atoms with E-state index >= 15 is 0 Å². The molecule has 0 aromatic heterocycles. The van der Waals surface area contributed by atoms with E-state index in [0.29, 0.717) is 12.2 Å². The van der Waals surface area contributed by atoms with Gasteiger partial charge in [0, 0.05) is 12.5 Å². The molecule has 16 heavy (non-hydrogen) atoms. The number of unbranched alkanes of at least 4 members (excludes halogenated alkanes) is 3. The minimum absolute atomic E-state index is 0.562. The fourth-order valence-electron chi connectivity index (χ4n) is 1.19. The average Bonchev–Trinajstić information content (AvgIpc) is 2.20. The van der Waals surface area contributed by atoms with Crippen molar-refractivity contribution in [1.29, 1.82) is 0 Å². The van der Waals surface area contributed by atoms with E-state index in [1.165, 1.54) is 26.0 Å². The molecule has 0 N–H and O–H groups in total. The molecule has 0 unspecified atom stereocenters. The van der Waals surface area contributed by atoms with Gasteiger partial charge in [-0.3, -0.25) is 4.79 Å². The molecule has 0 aromatic carbocycles. The van der Waals surface area contributed by atoms with Gasteiger partial charge in [-0.15, -0.1) is 0 Å². The first-order chi connectivity index (χ1) is 7.41. The lowest BCUT2D eigenvalue weighted by Gasteiger charge is -2.09. The lowest BCUT2D eigenvalue weighted by Crippen LogP contribution is -2.16. The van der Waals surface area contributed by atoms with Gasteiger partial charge in [-0.25, -0.2) is 0 Å². The lowest BCUT2D eigenvalue weighted by atomic mass is 10.1. The monoisotopic (exact) mass is 286 g/mol. The highest BCUT2D eigenvalue weighted by molar-refractivity contribution is 6.77. The van der Waals surface area contributed by atoms with Crippen LogP contribution in [0.1, 0.15) is 39.0 Å². The van der Waals surface area contributed by atoms with Crippen molar-refractivity contribution in [2.45, 2.75) is 42.8 Å². The number of methoxy groups -OCH3 is 1. The number of hydrogen-bond acceptors (Lipinski definition) is 2. The van der Waals surface area contributed by atoms with Crippen LogP contribution in [-0.4, -0.2) is 16.7 Å². The second-order valence-corrected chi connectivity index (χ2v) is 5.77. The number of carbonyl (C=O) groups excluding carboxylic acids is 1. The molecular weight excluding hydrogens is 270 g/mol. The van der Waals surface area contributed by atoms with Crippen LogP contribution in [0.4, 0.5) is 0 Å². The fraction of sp³-hybridized carbons (Fsp3) is 0.727. The van der Waals surface area contributed by atoms with Gasteiger partial charge in [-0.2, -0.15) is 0 Å². The van der Waals surface area contributed by atoms with Crippen LogP contribution >= 0.6 is 34.8 Å². The fourth-order valence-corrected chi connectivity index (χ4v) is 1.35. The van der Waals surface area contributed by atoms with Crippen LogP contribution in [0.15, 0.2) is 11.8 Å². The average molecular weight is 288 g/mol. The maximum atomic E-state index is 11.4. The molecule has 0 aliphatic carbocycles. The van der Waals surface area contributed by atoms with Crippen molar-refractivity contribution in [3.63, 3.8) is 0 Å². The van der Waals surface area contributed by atoms with E-state index in [0.717, 1.165) is 12.8 Å². The quantitative estimate of drug-likeness (QED) is 0.300. The van der Waals surface area contributed by atoms with Crippen LogP contribution in [-0.2, 0) is 9.53 Å². The molecule has 0 heterocycles. The molecule has 0 bridgehead atoms. The number of ether oxygens (including phenoxy) is 1. The molecule has 0 saturated heterocycles. The lowest BCUT2D eigenvalue weighted by molar-refractivity contribution is -0.114. The Hall–Kier alpha value is 0.0800. The maximum Gasteiger partial charge on any atom is 0.252 e. The Morgan fingerprint density at radius 2 is 1.88 bits per heavy atom. The largest absolute Gasteiger partial charge is 0.501 e. The van der Waals surface area contributed by atoms with Crippen LogP contribution < -0.4 is 0 Å². The van der Waals surface area contributed by atoms with Crippen molar-refractivity contribution in [2.75, 3.05) is 7.11 Å². The predicted molar refractivity (Wildman–Crippen MR) is 69.1 cm³/mol. The first kappa shape index (κ1) is 16.1. The summed E-state index contributed by atoms with van der Waals surface area (Å²) in [6.07, 6.45) is 6.39. The molecule has 94 valence electrons. The smallest absolute Gasteiger partial charge is 0.252 e. The summed E-state index contributed by atoms with van der Waals surface area (Å²) in [7, 11) is 1.51. The Morgan fingerprint density at radius 1 is 1.25 bits per heavy atom. The molecule has 0 radical (unpaired) electrons. The van der Waals surface area contributed by atoms with Crippen LogP contribution in [0.3, 0.4) is 0 Å². The molecule has 0 rings (SSSR count). The number of ketones is 1. The molecule has 0 fully saturated rings. The van der Waals surface area contributed by atoms with E-state index in [1.807, 2.05) is 0 Å². The Labute approximate surface area is 112 Å². The van der Waals surface area contributed by atoms with Gasteiger partial charge in [-0.1, -0.05) is 61.0 Å². The van der Waals surface area contributed by atoms with E-state index in [9.17, 15) is 4.79 Å². The van der Waals surface area contributed by atoms with E-state index in [2.05, 4.69) is 6.92 Å².